The standard InChI is InChI=1S/C17H28N4O2/c1-11-7-16(3,4)9-17(5,8-11)10-18-15(23)21-14-19-12(2)6-13(22)20-14/h6,11H,7-10H2,1-5H3,(H3,18,19,20,21,22,23). The SMILES string of the molecule is Cc1cc(=O)[nH]c(NC(=O)NCC2(C)CC(C)CC(C)(C)C2)n1. The van der Waals surface area contributed by atoms with E-state index in [1.54, 1.807) is 6.92 Å². The molecule has 6 nitrogen and oxygen atoms in total. The van der Waals surface area contributed by atoms with Crippen LogP contribution in [0.5, 0.6) is 0 Å². The Labute approximate surface area is 137 Å². The number of carbonyl (C=O) groups excluding carboxylic acids is 1. The number of hydrogen-bond acceptors (Lipinski definition) is 3. The molecule has 1 aromatic heterocycles. The fraction of sp³-hybridized carbons (Fsp3) is 0.706. The van der Waals surface area contributed by atoms with Crippen LogP contribution in [0.1, 0.15) is 52.7 Å². The van der Waals surface area contributed by atoms with E-state index in [1.807, 2.05) is 0 Å². The molecule has 1 aliphatic rings. The zero-order valence-electron chi connectivity index (χ0n) is 14.7. The number of anilines is 1. The number of nitrogens with zero attached hydrogens (tertiary/aromatic N) is 1. The highest BCUT2D eigenvalue weighted by atomic mass is 16.2. The van der Waals surface area contributed by atoms with E-state index in [-0.39, 0.29) is 23.0 Å². The second-order valence-electron chi connectivity index (χ2n) is 8.21. The number of aromatic nitrogens is 2. The van der Waals surface area contributed by atoms with Crippen molar-refractivity contribution in [2.75, 3.05) is 11.9 Å². The molecule has 3 N–H and O–H groups in total. The van der Waals surface area contributed by atoms with Gasteiger partial charge in [-0.3, -0.25) is 15.1 Å². The van der Waals surface area contributed by atoms with Crippen LogP contribution in [-0.4, -0.2) is 22.5 Å². The Bertz CT molecular complexity index is 638. The van der Waals surface area contributed by atoms with Gasteiger partial charge in [0.05, 0.1) is 0 Å². The first-order valence-electron chi connectivity index (χ1n) is 8.20. The van der Waals surface area contributed by atoms with Crippen molar-refractivity contribution in [3.63, 3.8) is 0 Å². The van der Waals surface area contributed by atoms with Crippen molar-refractivity contribution < 1.29 is 4.79 Å². The summed E-state index contributed by atoms with van der Waals surface area (Å²) in [7, 11) is 0. The van der Waals surface area contributed by atoms with Gasteiger partial charge in [0.2, 0.25) is 5.95 Å². The maximum atomic E-state index is 12.1. The smallest absolute Gasteiger partial charge is 0.321 e. The van der Waals surface area contributed by atoms with Crippen molar-refractivity contribution in [2.24, 2.45) is 16.7 Å². The second-order valence-corrected chi connectivity index (χ2v) is 8.21. The minimum atomic E-state index is -0.337. The molecule has 1 heterocycles. The summed E-state index contributed by atoms with van der Waals surface area (Å²) in [6, 6.07) is 1.05. The van der Waals surface area contributed by atoms with Crippen LogP contribution in [-0.2, 0) is 0 Å². The van der Waals surface area contributed by atoms with Gasteiger partial charge in [-0.2, -0.15) is 0 Å². The van der Waals surface area contributed by atoms with Crippen molar-refractivity contribution in [1.82, 2.24) is 15.3 Å². The number of H-pyrrole nitrogens is 1. The average molecular weight is 320 g/mol. The molecular weight excluding hydrogens is 292 g/mol. The Morgan fingerprint density at radius 2 is 2.09 bits per heavy atom. The lowest BCUT2D eigenvalue weighted by molar-refractivity contribution is 0.0629. The highest BCUT2D eigenvalue weighted by Crippen LogP contribution is 2.48. The highest BCUT2D eigenvalue weighted by Gasteiger charge is 2.39. The van der Waals surface area contributed by atoms with E-state index < -0.39 is 0 Å². The van der Waals surface area contributed by atoms with Crippen LogP contribution in [0, 0.1) is 23.7 Å². The Balaban J connectivity index is 1.94. The average Bonchev–Trinajstić information content (AvgIpc) is 2.32. The molecule has 1 aromatic rings. The second kappa shape index (κ2) is 6.34. The first kappa shape index (κ1) is 17.5. The quantitative estimate of drug-likeness (QED) is 0.800. The molecular formula is C17H28N4O2. The zero-order chi connectivity index (χ0) is 17.3. The number of hydrogen-bond donors (Lipinski definition) is 3. The van der Waals surface area contributed by atoms with Crippen LogP contribution >= 0.6 is 0 Å². The van der Waals surface area contributed by atoms with Gasteiger partial charge in [0.25, 0.3) is 5.56 Å². The molecule has 1 aliphatic carbocycles. The van der Waals surface area contributed by atoms with Gasteiger partial charge in [0.15, 0.2) is 0 Å². The number of nitrogens with one attached hydrogen (secondary N) is 3. The number of carbonyl (C=O) groups is 1. The van der Waals surface area contributed by atoms with Gasteiger partial charge in [-0.1, -0.05) is 27.7 Å². The summed E-state index contributed by atoms with van der Waals surface area (Å²) in [4.78, 5) is 30.1. The minimum absolute atomic E-state index is 0.0892. The van der Waals surface area contributed by atoms with E-state index in [1.165, 1.54) is 12.5 Å². The molecule has 2 amide bonds. The number of urea groups is 1. The van der Waals surface area contributed by atoms with Crippen LogP contribution in [0.15, 0.2) is 10.9 Å². The van der Waals surface area contributed by atoms with Gasteiger partial charge >= 0.3 is 6.03 Å². The molecule has 2 unspecified atom stereocenters. The number of aromatic amines is 1. The molecule has 23 heavy (non-hydrogen) atoms. The number of amides is 2. The topological polar surface area (TPSA) is 86.9 Å². The van der Waals surface area contributed by atoms with E-state index in [9.17, 15) is 9.59 Å². The minimum Gasteiger partial charge on any atom is -0.337 e. The number of rotatable bonds is 3. The Kier molecular flexibility index (Phi) is 4.82. The fourth-order valence-corrected chi connectivity index (χ4v) is 4.37. The molecule has 2 atom stereocenters. The third-order valence-corrected chi connectivity index (χ3v) is 4.43. The van der Waals surface area contributed by atoms with Crippen LogP contribution in [0.3, 0.4) is 0 Å². The van der Waals surface area contributed by atoms with E-state index in [0.717, 1.165) is 12.8 Å². The zero-order valence-corrected chi connectivity index (χ0v) is 14.7. The van der Waals surface area contributed by atoms with Crippen molar-refractivity contribution in [1.29, 1.82) is 0 Å². The molecule has 0 bridgehead atoms. The summed E-state index contributed by atoms with van der Waals surface area (Å²) in [5.74, 6) is 0.832. The van der Waals surface area contributed by atoms with Gasteiger partial charge in [-0.05, 0) is 42.9 Å². The predicted molar refractivity (Wildman–Crippen MR) is 91.5 cm³/mol. The molecule has 0 aliphatic heterocycles. The van der Waals surface area contributed by atoms with E-state index >= 15 is 0 Å². The first-order chi connectivity index (χ1) is 10.6. The normalized spacial score (nSPS) is 26.6. The molecule has 0 spiro atoms. The van der Waals surface area contributed by atoms with Gasteiger partial charge in [0, 0.05) is 18.3 Å². The van der Waals surface area contributed by atoms with Gasteiger partial charge in [-0.15, -0.1) is 0 Å². The van der Waals surface area contributed by atoms with Crippen LogP contribution in [0.2, 0.25) is 0 Å². The highest BCUT2D eigenvalue weighted by molar-refractivity contribution is 5.87. The Morgan fingerprint density at radius 3 is 2.70 bits per heavy atom. The van der Waals surface area contributed by atoms with Crippen molar-refractivity contribution in [3.8, 4) is 0 Å². The van der Waals surface area contributed by atoms with Gasteiger partial charge < -0.3 is 5.32 Å². The fourth-order valence-electron chi connectivity index (χ4n) is 4.37. The van der Waals surface area contributed by atoms with Crippen LogP contribution in [0.25, 0.3) is 0 Å². The van der Waals surface area contributed by atoms with Gasteiger partial charge in [-0.25, -0.2) is 9.78 Å². The van der Waals surface area contributed by atoms with Gasteiger partial charge in [0.1, 0.15) is 0 Å². The Hall–Kier alpha value is -1.85. The van der Waals surface area contributed by atoms with E-state index in [2.05, 4.69) is 48.3 Å². The predicted octanol–water partition coefficient (Wildman–Crippen LogP) is 3.05. The molecule has 1 saturated carbocycles. The van der Waals surface area contributed by atoms with E-state index in [4.69, 9.17) is 0 Å². The molecule has 0 radical (unpaired) electrons. The summed E-state index contributed by atoms with van der Waals surface area (Å²) in [5, 5.41) is 5.52. The largest absolute Gasteiger partial charge is 0.337 e. The molecule has 0 saturated heterocycles. The van der Waals surface area contributed by atoms with Crippen LogP contribution in [0.4, 0.5) is 10.7 Å². The third-order valence-electron chi connectivity index (χ3n) is 4.43. The molecule has 1 fully saturated rings. The summed E-state index contributed by atoms with van der Waals surface area (Å²) in [6.07, 6.45) is 3.42. The van der Waals surface area contributed by atoms with E-state index in [0.29, 0.717) is 23.6 Å². The molecule has 6 heteroatoms. The monoisotopic (exact) mass is 320 g/mol. The van der Waals surface area contributed by atoms with Crippen molar-refractivity contribution >= 4 is 12.0 Å². The first-order valence-corrected chi connectivity index (χ1v) is 8.20. The lowest BCUT2D eigenvalue weighted by Crippen LogP contribution is -2.44. The summed E-state index contributed by atoms with van der Waals surface area (Å²) >= 11 is 0. The molecule has 0 aromatic carbocycles. The van der Waals surface area contributed by atoms with Crippen molar-refractivity contribution in [3.05, 3.63) is 22.1 Å². The van der Waals surface area contributed by atoms with Crippen molar-refractivity contribution in [2.45, 2.75) is 53.9 Å². The van der Waals surface area contributed by atoms with Crippen LogP contribution < -0.4 is 16.2 Å². The lowest BCUT2D eigenvalue weighted by atomic mass is 9.61. The summed E-state index contributed by atoms with van der Waals surface area (Å²) < 4.78 is 0. The maximum absolute atomic E-state index is 12.1. The molecule has 128 valence electrons. The Morgan fingerprint density at radius 1 is 1.39 bits per heavy atom. The summed E-state index contributed by atoms with van der Waals surface area (Å²) in [5.41, 5.74) is 0.682. The number of aryl methyl sites for hydroxylation is 1. The summed E-state index contributed by atoms with van der Waals surface area (Å²) in [6.45, 7) is 11.4. The lowest BCUT2D eigenvalue weighted by Gasteiger charge is -2.46. The molecule has 2 rings (SSSR count). The maximum Gasteiger partial charge on any atom is 0.321 e. The third kappa shape index (κ3) is 5.08.